The quantitative estimate of drug-likeness (QED) is 0.654. The Kier molecular flexibility index (Phi) is 5.46. The molecule has 162 valence electrons. The van der Waals surface area contributed by atoms with E-state index < -0.39 is 5.97 Å². The lowest BCUT2D eigenvalue weighted by molar-refractivity contribution is -0.137. The maximum Gasteiger partial charge on any atom is 0.323 e. The van der Waals surface area contributed by atoms with Crippen molar-refractivity contribution in [1.29, 1.82) is 0 Å². The minimum Gasteiger partial charge on any atom is -0.493 e. The number of fused-ring (bicyclic) bond motifs is 3. The van der Waals surface area contributed by atoms with Gasteiger partial charge in [0, 0.05) is 47.2 Å². The number of aromatic nitrogens is 1. The second kappa shape index (κ2) is 8.22. The summed E-state index contributed by atoms with van der Waals surface area (Å²) < 4.78 is 17.9. The third kappa shape index (κ3) is 3.54. The van der Waals surface area contributed by atoms with Crippen molar-refractivity contribution in [1.82, 2.24) is 9.47 Å². The van der Waals surface area contributed by atoms with Gasteiger partial charge in [0.15, 0.2) is 11.5 Å². The van der Waals surface area contributed by atoms with Crippen LogP contribution in [0.5, 0.6) is 17.2 Å². The van der Waals surface area contributed by atoms with Crippen LogP contribution >= 0.6 is 0 Å². The molecule has 31 heavy (non-hydrogen) atoms. The minimum absolute atomic E-state index is 0.101. The number of para-hydroxylation sites is 1. The van der Waals surface area contributed by atoms with Gasteiger partial charge in [-0.1, -0.05) is 18.2 Å². The third-order valence-electron chi connectivity index (χ3n) is 5.65. The summed E-state index contributed by atoms with van der Waals surface area (Å²) in [6, 6.07) is 11.0. The van der Waals surface area contributed by atoms with Crippen molar-refractivity contribution in [2.75, 3.05) is 27.9 Å². The molecule has 0 atom stereocenters. The van der Waals surface area contributed by atoms with Gasteiger partial charge in [-0.2, -0.15) is 0 Å². The molecule has 8 heteroatoms. The van der Waals surface area contributed by atoms with Gasteiger partial charge in [0.25, 0.3) is 5.91 Å². The van der Waals surface area contributed by atoms with E-state index in [2.05, 4.69) is 0 Å². The minimum atomic E-state index is -0.889. The normalized spacial score (nSPS) is 13.1. The number of hydrogen-bond acceptors (Lipinski definition) is 5. The van der Waals surface area contributed by atoms with E-state index in [1.54, 1.807) is 17.0 Å². The molecule has 0 spiro atoms. The zero-order chi connectivity index (χ0) is 22.1. The predicted octanol–water partition coefficient (Wildman–Crippen LogP) is 2.95. The standard InChI is InChI=1S/C23H24N2O6/c1-29-19-10-14(11-20(30-2)22(19)31-3)23(28)24-9-8-18-16(12-24)15-6-4-5-7-17(15)25(18)13-21(26)27/h4-7,10-11H,8-9,12-13H2,1-3H3,(H,26,27). The van der Waals surface area contributed by atoms with Gasteiger partial charge in [0.05, 0.1) is 21.3 Å². The van der Waals surface area contributed by atoms with E-state index in [1.807, 2.05) is 28.8 Å². The molecule has 0 bridgehead atoms. The first-order chi connectivity index (χ1) is 15.0. The van der Waals surface area contributed by atoms with Crippen molar-refractivity contribution in [3.8, 4) is 17.2 Å². The lowest BCUT2D eigenvalue weighted by Gasteiger charge is -2.28. The van der Waals surface area contributed by atoms with Gasteiger partial charge < -0.3 is 28.8 Å². The number of carbonyl (C=O) groups is 2. The molecule has 2 aromatic carbocycles. The second-order valence-electron chi connectivity index (χ2n) is 7.31. The van der Waals surface area contributed by atoms with Crippen LogP contribution in [-0.4, -0.2) is 54.3 Å². The van der Waals surface area contributed by atoms with Crippen LogP contribution in [0.1, 0.15) is 21.6 Å². The molecule has 0 aliphatic carbocycles. The van der Waals surface area contributed by atoms with Crippen LogP contribution in [0.2, 0.25) is 0 Å². The Morgan fingerprint density at radius 1 is 1.03 bits per heavy atom. The summed E-state index contributed by atoms with van der Waals surface area (Å²) in [7, 11) is 4.53. The summed E-state index contributed by atoms with van der Waals surface area (Å²) in [5.41, 5.74) is 3.27. The average Bonchev–Trinajstić information content (AvgIpc) is 3.10. The highest BCUT2D eigenvalue weighted by Crippen LogP contribution is 2.39. The Balaban J connectivity index is 1.71. The number of ether oxygens (including phenoxy) is 3. The molecule has 1 N–H and O–H groups in total. The van der Waals surface area contributed by atoms with E-state index in [0.29, 0.717) is 42.3 Å². The molecule has 0 unspecified atom stereocenters. The van der Waals surface area contributed by atoms with E-state index in [0.717, 1.165) is 22.2 Å². The molecule has 1 amide bonds. The highest BCUT2D eigenvalue weighted by molar-refractivity contribution is 5.96. The number of rotatable bonds is 6. The smallest absolute Gasteiger partial charge is 0.323 e. The topological polar surface area (TPSA) is 90.2 Å². The Hall–Kier alpha value is -3.68. The highest BCUT2D eigenvalue weighted by Gasteiger charge is 2.28. The monoisotopic (exact) mass is 424 g/mol. The molecule has 0 fully saturated rings. The lowest BCUT2D eigenvalue weighted by atomic mass is 10.0. The van der Waals surface area contributed by atoms with Crippen LogP contribution in [0, 0.1) is 0 Å². The molecule has 0 saturated heterocycles. The Morgan fingerprint density at radius 3 is 2.32 bits per heavy atom. The van der Waals surface area contributed by atoms with Gasteiger partial charge >= 0.3 is 5.97 Å². The fraction of sp³-hybridized carbons (Fsp3) is 0.304. The van der Waals surface area contributed by atoms with Crippen LogP contribution in [0.4, 0.5) is 0 Å². The largest absolute Gasteiger partial charge is 0.493 e. The number of carbonyl (C=O) groups excluding carboxylic acids is 1. The predicted molar refractivity (Wildman–Crippen MR) is 114 cm³/mol. The van der Waals surface area contributed by atoms with Gasteiger partial charge in [0.1, 0.15) is 6.54 Å². The van der Waals surface area contributed by atoms with Crippen molar-refractivity contribution in [2.45, 2.75) is 19.5 Å². The Labute approximate surface area is 179 Å². The van der Waals surface area contributed by atoms with Crippen molar-refractivity contribution in [3.63, 3.8) is 0 Å². The number of hydrogen-bond donors (Lipinski definition) is 1. The van der Waals surface area contributed by atoms with Crippen LogP contribution in [-0.2, 0) is 24.3 Å². The maximum atomic E-state index is 13.3. The molecule has 0 saturated carbocycles. The Bertz CT molecular complexity index is 1140. The van der Waals surface area contributed by atoms with Gasteiger partial charge in [-0.15, -0.1) is 0 Å². The molecule has 4 rings (SSSR count). The van der Waals surface area contributed by atoms with Crippen molar-refractivity contribution < 1.29 is 28.9 Å². The third-order valence-corrected chi connectivity index (χ3v) is 5.65. The summed E-state index contributed by atoms with van der Waals surface area (Å²) in [6.07, 6.45) is 0.577. The summed E-state index contributed by atoms with van der Waals surface area (Å²) >= 11 is 0. The fourth-order valence-electron chi connectivity index (χ4n) is 4.28. The van der Waals surface area contributed by atoms with E-state index in [-0.39, 0.29) is 12.5 Å². The van der Waals surface area contributed by atoms with Gasteiger partial charge in [-0.3, -0.25) is 9.59 Å². The molecule has 2 heterocycles. The molecule has 0 radical (unpaired) electrons. The number of aliphatic carboxylic acids is 1. The molecular weight excluding hydrogens is 400 g/mol. The van der Waals surface area contributed by atoms with Crippen LogP contribution in [0.3, 0.4) is 0 Å². The molecule has 1 aromatic heterocycles. The Morgan fingerprint density at radius 2 is 1.71 bits per heavy atom. The van der Waals surface area contributed by atoms with Crippen molar-refractivity contribution >= 4 is 22.8 Å². The molecule has 3 aromatic rings. The number of amides is 1. The maximum absolute atomic E-state index is 13.3. The van der Waals surface area contributed by atoms with Crippen LogP contribution in [0.15, 0.2) is 36.4 Å². The number of benzene rings is 2. The fourth-order valence-corrected chi connectivity index (χ4v) is 4.28. The lowest BCUT2D eigenvalue weighted by Crippen LogP contribution is -2.36. The van der Waals surface area contributed by atoms with Gasteiger partial charge in [-0.25, -0.2) is 0 Å². The molecule has 1 aliphatic rings. The van der Waals surface area contributed by atoms with Crippen LogP contribution < -0.4 is 14.2 Å². The number of carboxylic acids is 1. The molecular formula is C23H24N2O6. The first-order valence-corrected chi connectivity index (χ1v) is 9.88. The first kappa shape index (κ1) is 20.6. The van der Waals surface area contributed by atoms with E-state index in [4.69, 9.17) is 14.2 Å². The van der Waals surface area contributed by atoms with E-state index in [9.17, 15) is 14.7 Å². The zero-order valence-electron chi connectivity index (χ0n) is 17.7. The number of carboxylic acid groups (broad SMARTS) is 1. The highest BCUT2D eigenvalue weighted by atomic mass is 16.5. The number of nitrogens with zero attached hydrogens (tertiary/aromatic N) is 2. The summed E-state index contributed by atoms with van der Waals surface area (Å²) in [5.74, 6) is 0.223. The van der Waals surface area contributed by atoms with Crippen molar-refractivity contribution in [2.24, 2.45) is 0 Å². The number of methoxy groups -OCH3 is 3. The molecule has 8 nitrogen and oxygen atoms in total. The zero-order valence-corrected chi connectivity index (χ0v) is 17.7. The van der Waals surface area contributed by atoms with E-state index in [1.165, 1.54) is 21.3 Å². The summed E-state index contributed by atoms with van der Waals surface area (Å²) in [5, 5.41) is 10.3. The van der Waals surface area contributed by atoms with E-state index >= 15 is 0 Å². The SMILES string of the molecule is COc1cc(C(=O)N2CCc3c(c4ccccc4n3CC(=O)O)C2)cc(OC)c1OC. The average molecular weight is 424 g/mol. The second-order valence-corrected chi connectivity index (χ2v) is 7.31. The van der Waals surface area contributed by atoms with Gasteiger partial charge in [-0.05, 0) is 18.2 Å². The summed E-state index contributed by atoms with van der Waals surface area (Å²) in [4.78, 5) is 26.5. The first-order valence-electron chi connectivity index (χ1n) is 9.88. The van der Waals surface area contributed by atoms with Gasteiger partial charge in [0.2, 0.25) is 5.75 Å². The van der Waals surface area contributed by atoms with Crippen molar-refractivity contribution in [3.05, 3.63) is 53.2 Å². The van der Waals surface area contributed by atoms with Crippen LogP contribution in [0.25, 0.3) is 10.9 Å². The summed E-state index contributed by atoms with van der Waals surface area (Å²) in [6.45, 7) is 0.785. The molecule has 1 aliphatic heterocycles.